The lowest BCUT2D eigenvalue weighted by Gasteiger charge is -2.23. The minimum absolute atomic E-state index is 0.220. The van der Waals surface area contributed by atoms with Gasteiger partial charge in [-0.2, -0.15) is 8.78 Å². The van der Waals surface area contributed by atoms with Crippen LogP contribution in [0.2, 0.25) is 0 Å². The zero-order chi connectivity index (χ0) is 21.5. The molecule has 0 aliphatic carbocycles. The topological polar surface area (TPSA) is 9.23 Å². The molecule has 1 nitrogen and oxygen atoms in total. The van der Waals surface area contributed by atoms with E-state index in [2.05, 4.69) is 4.74 Å². The van der Waals surface area contributed by atoms with Crippen molar-refractivity contribution in [2.75, 3.05) is 0 Å². The third-order valence-electron chi connectivity index (χ3n) is 4.37. The van der Waals surface area contributed by atoms with Gasteiger partial charge in [0.05, 0.1) is 0 Å². The summed E-state index contributed by atoms with van der Waals surface area (Å²) in [4.78, 5) is 0. The summed E-state index contributed by atoms with van der Waals surface area (Å²) in [5.74, 6) is -5.70. The second-order valence-electron chi connectivity index (χ2n) is 6.81. The molecule has 0 aliphatic rings. The summed E-state index contributed by atoms with van der Waals surface area (Å²) in [6.07, 6.45) is -4.34. The largest absolute Gasteiger partial charge is 0.430 e. The van der Waals surface area contributed by atoms with E-state index in [0.717, 1.165) is 11.6 Å². The van der Waals surface area contributed by atoms with Gasteiger partial charge in [0.25, 0.3) is 0 Å². The molecule has 3 aromatic rings. The van der Waals surface area contributed by atoms with Crippen molar-refractivity contribution in [2.24, 2.45) is 0 Å². The van der Waals surface area contributed by atoms with Crippen LogP contribution in [0, 0.1) is 44.0 Å². The van der Waals surface area contributed by atoms with Crippen molar-refractivity contribution in [3.8, 4) is 16.9 Å². The molecule has 7 heteroatoms. The molecule has 29 heavy (non-hydrogen) atoms. The first-order chi connectivity index (χ1) is 13.5. The van der Waals surface area contributed by atoms with Crippen LogP contribution in [0.4, 0.5) is 26.3 Å². The first kappa shape index (κ1) is 20.8. The Balaban J connectivity index is 2.22. The zero-order valence-electron chi connectivity index (χ0n) is 15.7. The molecule has 0 aliphatic heterocycles. The van der Waals surface area contributed by atoms with Gasteiger partial charge in [-0.1, -0.05) is 17.7 Å². The van der Waals surface area contributed by atoms with E-state index in [1.54, 1.807) is 32.9 Å². The molecule has 3 rings (SSSR count). The fourth-order valence-corrected chi connectivity index (χ4v) is 3.46. The van der Waals surface area contributed by atoms with Crippen LogP contribution < -0.4 is 4.74 Å². The smallest absolute Gasteiger partial charge is 0.429 e. The van der Waals surface area contributed by atoms with Crippen LogP contribution in [0.15, 0.2) is 42.5 Å². The Morgan fingerprint density at radius 2 is 1.21 bits per heavy atom. The molecule has 0 saturated carbocycles. The predicted molar refractivity (Wildman–Crippen MR) is 96.9 cm³/mol. The average molecular weight is 410 g/mol. The number of hydrogen-bond donors (Lipinski definition) is 0. The quantitative estimate of drug-likeness (QED) is 0.422. The van der Waals surface area contributed by atoms with Crippen molar-refractivity contribution >= 4 is 0 Å². The number of halogens is 6. The summed E-state index contributed by atoms with van der Waals surface area (Å²) in [6, 6.07) is 6.04. The van der Waals surface area contributed by atoms with Crippen LogP contribution in [-0.4, -0.2) is 0 Å². The summed E-state index contributed by atoms with van der Waals surface area (Å²) < 4.78 is 89.5. The molecular formula is C22H16F6O. The molecule has 0 fully saturated rings. The van der Waals surface area contributed by atoms with Gasteiger partial charge >= 0.3 is 6.11 Å². The molecule has 0 heterocycles. The highest BCUT2D eigenvalue weighted by molar-refractivity contribution is 5.75. The van der Waals surface area contributed by atoms with E-state index in [1.807, 2.05) is 0 Å². The molecule has 0 radical (unpaired) electrons. The molecule has 0 unspecified atom stereocenters. The molecule has 152 valence electrons. The van der Waals surface area contributed by atoms with Crippen molar-refractivity contribution in [1.29, 1.82) is 0 Å². The maximum absolute atomic E-state index is 15.0. The lowest BCUT2D eigenvalue weighted by atomic mass is 9.90. The van der Waals surface area contributed by atoms with E-state index in [4.69, 9.17) is 0 Å². The van der Waals surface area contributed by atoms with Gasteiger partial charge in [0.2, 0.25) is 0 Å². The molecule has 0 atom stereocenters. The highest BCUT2D eigenvalue weighted by atomic mass is 19.3. The molecule has 0 aromatic heterocycles. The van der Waals surface area contributed by atoms with Crippen molar-refractivity contribution in [3.05, 3.63) is 88.0 Å². The standard InChI is InChI=1S/C22H16F6O/c1-11-4-12(2)20(13(3)5-11)18-9-16(25)10-19(26)21(18)22(27,28)29-17-7-14(23)6-15(24)8-17/h4-10H,1-3H3. The Labute approximate surface area is 163 Å². The molecule has 0 spiro atoms. The molecule has 3 aromatic carbocycles. The molecular weight excluding hydrogens is 394 g/mol. The van der Waals surface area contributed by atoms with E-state index < -0.39 is 46.3 Å². The molecule has 0 bridgehead atoms. The fourth-order valence-electron chi connectivity index (χ4n) is 3.46. The summed E-state index contributed by atoms with van der Waals surface area (Å²) in [5, 5.41) is 0. The fraction of sp³-hybridized carbons (Fsp3) is 0.182. The van der Waals surface area contributed by atoms with Gasteiger partial charge < -0.3 is 4.74 Å². The predicted octanol–water partition coefficient (Wildman–Crippen LogP) is 6.96. The second-order valence-corrected chi connectivity index (χ2v) is 6.81. The van der Waals surface area contributed by atoms with Gasteiger partial charge in [-0.25, -0.2) is 17.6 Å². The summed E-state index contributed by atoms with van der Waals surface area (Å²) in [6.45, 7) is 5.05. The molecule has 0 saturated heterocycles. The van der Waals surface area contributed by atoms with E-state index in [1.165, 1.54) is 0 Å². The number of alkyl halides is 2. The number of aryl methyl sites for hydroxylation is 3. The number of hydrogen-bond acceptors (Lipinski definition) is 1. The van der Waals surface area contributed by atoms with Crippen molar-refractivity contribution < 1.29 is 31.1 Å². The van der Waals surface area contributed by atoms with Gasteiger partial charge in [-0.05, 0) is 43.5 Å². The van der Waals surface area contributed by atoms with Gasteiger partial charge in [0.15, 0.2) is 0 Å². The zero-order valence-corrected chi connectivity index (χ0v) is 15.7. The average Bonchev–Trinajstić information content (AvgIpc) is 2.50. The number of ether oxygens (including phenoxy) is 1. The highest BCUT2D eigenvalue weighted by Crippen LogP contribution is 2.42. The Hall–Kier alpha value is -2.96. The van der Waals surface area contributed by atoms with Crippen molar-refractivity contribution in [3.63, 3.8) is 0 Å². The van der Waals surface area contributed by atoms with Crippen LogP contribution in [-0.2, 0) is 6.11 Å². The Morgan fingerprint density at radius 1 is 0.690 bits per heavy atom. The van der Waals surface area contributed by atoms with Crippen LogP contribution >= 0.6 is 0 Å². The van der Waals surface area contributed by atoms with Crippen LogP contribution in [0.25, 0.3) is 11.1 Å². The lowest BCUT2D eigenvalue weighted by molar-refractivity contribution is -0.187. The van der Waals surface area contributed by atoms with Crippen molar-refractivity contribution in [2.45, 2.75) is 26.9 Å². The van der Waals surface area contributed by atoms with Crippen LogP contribution in [0.1, 0.15) is 22.3 Å². The highest BCUT2D eigenvalue weighted by Gasteiger charge is 2.41. The van der Waals surface area contributed by atoms with E-state index in [9.17, 15) is 26.3 Å². The van der Waals surface area contributed by atoms with Crippen LogP contribution in [0.3, 0.4) is 0 Å². The Kier molecular flexibility index (Phi) is 5.34. The molecule has 0 N–H and O–H groups in total. The second kappa shape index (κ2) is 7.46. The van der Waals surface area contributed by atoms with E-state index in [-0.39, 0.29) is 5.56 Å². The maximum atomic E-state index is 15.0. The maximum Gasteiger partial charge on any atom is 0.430 e. The SMILES string of the molecule is Cc1cc(C)c(-c2cc(F)cc(F)c2C(F)(F)Oc2cc(F)cc(F)c2)c(C)c1. The first-order valence-electron chi connectivity index (χ1n) is 8.58. The summed E-state index contributed by atoms with van der Waals surface area (Å²) in [7, 11) is 0. The van der Waals surface area contributed by atoms with Gasteiger partial charge in [0, 0.05) is 29.8 Å². The number of rotatable bonds is 4. The Morgan fingerprint density at radius 3 is 1.76 bits per heavy atom. The van der Waals surface area contributed by atoms with E-state index >= 15 is 0 Å². The third-order valence-corrected chi connectivity index (χ3v) is 4.37. The Bertz CT molecular complexity index is 1050. The monoisotopic (exact) mass is 410 g/mol. The molecule has 0 amide bonds. The number of benzene rings is 3. The van der Waals surface area contributed by atoms with Crippen LogP contribution in [0.5, 0.6) is 5.75 Å². The van der Waals surface area contributed by atoms with E-state index in [0.29, 0.717) is 35.4 Å². The third kappa shape index (κ3) is 4.23. The van der Waals surface area contributed by atoms with Crippen molar-refractivity contribution in [1.82, 2.24) is 0 Å². The summed E-state index contributed by atoms with van der Waals surface area (Å²) in [5.41, 5.74) is 0.499. The van der Waals surface area contributed by atoms with Gasteiger partial charge in [0.1, 0.15) is 34.6 Å². The first-order valence-corrected chi connectivity index (χ1v) is 8.58. The van der Waals surface area contributed by atoms with Gasteiger partial charge in [-0.15, -0.1) is 0 Å². The minimum atomic E-state index is -4.34. The normalized spacial score (nSPS) is 11.6. The van der Waals surface area contributed by atoms with Gasteiger partial charge in [-0.3, -0.25) is 0 Å². The minimum Gasteiger partial charge on any atom is -0.429 e. The lowest BCUT2D eigenvalue weighted by Crippen LogP contribution is -2.25. The summed E-state index contributed by atoms with van der Waals surface area (Å²) >= 11 is 0.